The smallest absolute Gasteiger partial charge is 0.389 e. The van der Waals surface area contributed by atoms with E-state index >= 15 is 0 Å². The normalized spacial score (nSPS) is 20.0. The van der Waals surface area contributed by atoms with Crippen LogP contribution in [0.3, 0.4) is 0 Å². The maximum Gasteiger partial charge on any atom is 0.389 e. The Morgan fingerprint density at radius 2 is 2.00 bits per heavy atom. The Morgan fingerprint density at radius 1 is 1.22 bits per heavy atom. The molecule has 0 unspecified atom stereocenters. The SMILES string of the molecule is N#C[C@@H]1C[C@@H]1COc1nc(C(=O)CCC(F)(F)F)cc(N2CCC(COc3cccnc3N)CC2)n1. The minimum atomic E-state index is -4.44. The van der Waals surface area contributed by atoms with Crippen LogP contribution in [0.4, 0.5) is 24.8 Å². The van der Waals surface area contributed by atoms with Gasteiger partial charge in [-0.15, -0.1) is 0 Å². The van der Waals surface area contributed by atoms with Crippen molar-refractivity contribution in [2.75, 3.05) is 36.9 Å². The van der Waals surface area contributed by atoms with E-state index in [1.165, 1.54) is 6.07 Å². The van der Waals surface area contributed by atoms with Crippen molar-refractivity contribution >= 4 is 17.4 Å². The molecule has 1 aliphatic heterocycles. The van der Waals surface area contributed by atoms with Gasteiger partial charge in [-0.2, -0.15) is 28.4 Å². The average molecular weight is 505 g/mol. The number of anilines is 2. The van der Waals surface area contributed by atoms with E-state index in [4.69, 9.17) is 20.5 Å². The Kier molecular flexibility index (Phi) is 7.76. The van der Waals surface area contributed by atoms with E-state index < -0.39 is 24.8 Å². The second-order valence-electron chi connectivity index (χ2n) is 9.10. The van der Waals surface area contributed by atoms with Gasteiger partial charge in [0.2, 0.25) is 0 Å². The van der Waals surface area contributed by atoms with Gasteiger partial charge >= 0.3 is 12.2 Å². The summed E-state index contributed by atoms with van der Waals surface area (Å²) in [7, 11) is 0. The first kappa shape index (κ1) is 25.5. The highest BCUT2D eigenvalue weighted by molar-refractivity contribution is 5.95. The van der Waals surface area contributed by atoms with Crippen LogP contribution in [0, 0.1) is 29.1 Å². The average Bonchev–Trinajstić information content (AvgIpc) is 3.64. The van der Waals surface area contributed by atoms with E-state index in [0.29, 0.717) is 43.5 Å². The first-order valence-electron chi connectivity index (χ1n) is 11.8. The first-order valence-corrected chi connectivity index (χ1v) is 11.8. The van der Waals surface area contributed by atoms with E-state index in [1.807, 2.05) is 4.90 Å². The highest BCUT2D eigenvalue weighted by Gasteiger charge is 2.38. The Morgan fingerprint density at radius 3 is 2.67 bits per heavy atom. The number of piperidine rings is 1. The Bertz CT molecular complexity index is 1120. The molecular formula is C24H27F3N6O3. The minimum absolute atomic E-state index is 0.0658. The van der Waals surface area contributed by atoms with Gasteiger partial charge in [-0.1, -0.05) is 0 Å². The number of pyridine rings is 1. The molecule has 2 aliphatic rings. The lowest BCUT2D eigenvalue weighted by atomic mass is 9.98. The molecular weight excluding hydrogens is 477 g/mol. The molecule has 2 aromatic heterocycles. The number of aromatic nitrogens is 3. The van der Waals surface area contributed by atoms with Gasteiger partial charge in [0.15, 0.2) is 17.4 Å². The van der Waals surface area contributed by atoms with E-state index in [0.717, 1.165) is 12.8 Å². The predicted octanol–water partition coefficient (Wildman–Crippen LogP) is 3.81. The van der Waals surface area contributed by atoms with Crippen molar-refractivity contribution in [3.8, 4) is 17.8 Å². The zero-order chi connectivity index (χ0) is 25.7. The molecule has 1 saturated heterocycles. The van der Waals surface area contributed by atoms with Gasteiger partial charge in [0.05, 0.1) is 31.6 Å². The summed E-state index contributed by atoms with van der Waals surface area (Å²) >= 11 is 0. The molecule has 12 heteroatoms. The maximum absolute atomic E-state index is 12.6. The quantitative estimate of drug-likeness (QED) is 0.480. The fourth-order valence-electron chi connectivity index (χ4n) is 4.00. The van der Waals surface area contributed by atoms with Gasteiger partial charge in [0.25, 0.3) is 0 Å². The van der Waals surface area contributed by atoms with Gasteiger partial charge < -0.3 is 20.1 Å². The van der Waals surface area contributed by atoms with Crippen LogP contribution >= 0.6 is 0 Å². The van der Waals surface area contributed by atoms with Crippen molar-refractivity contribution in [1.82, 2.24) is 15.0 Å². The largest absolute Gasteiger partial charge is 0.489 e. The summed E-state index contributed by atoms with van der Waals surface area (Å²) in [5.74, 6) is 0.829. The number of hydrogen-bond acceptors (Lipinski definition) is 9. The van der Waals surface area contributed by atoms with E-state index in [1.54, 1.807) is 18.3 Å². The number of hydrogen-bond donors (Lipinski definition) is 1. The van der Waals surface area contributed by atoms with Crippen molar-refractivity contribution in [1.29, 1.82) is 5.26 Å². The molecule has 36 heavy (non-hydrogen) atoms. The fraction of sp³-hybridized carbons (Fsp3) is 0.542. The summed E-state index contributed by atoms with van der Waals surface area (Å²) in [4.78, 5) is 26.9. The molecule has 1 aliphatic carbocycles. The molecule has 2 aromatic rings. The van der Waals surface area contributed by atoms with Gasteiger partial charge in [0, 0.05) is 37.7 Å². The van der Waals surface area contributed by atoms with Crippen molar-refractivity contribution < 1.29 is 27.4 Å². The van der Waals surface area contributed by atoms with Crippen LogP contribution in [0.5, 0.6) is 11.8 Å². The van der Waals surface area contributed by atoms with Crippen molar-refractivity contribution in [2.24, 2.45) is 17.8 Å². The number of ketones is 1. The summed E-state index contributed by atoms with van der Waals surface area (Å²) in [6.45, 7) is 1.92. The van der Waals surface area contributed by atoms with Crippen molar-refractivity contribution in [3.05, 3.63) is 30.1 Å². The third-order valence-electron chi connectivity index (χ3n) is 6.34. The number of rotatable bonds is 10. The zero-order valence-electron chi connectivity index (χ0n) is 19.6. The third-order valence-corrected chi connectivity index (χ3v) is 6.34. The van der Waals surface area contributed by atoms with Gasteiger partial charge in [-0.25, -0.2) is 4.98 Å². The number of nitriles is 1. The third kappa shape index (κ3) is 6.96. The second kappa shape index (κ2) is 11.0. The van der Waals surface area contributed by atoms with Crippen LogP contribution in [0.15, 0.2) is 24.4 Å². The van der Waals surface area contributed by atoms with Crippen LogP contribution in [0.1, 0.15) is 42.6 Å². The number of carbonyl (C=O) groups is 1. The molecule has 2 fully saturated rings. The summed E-state index contributed by atoms with van der Waals surface area (Å²) in [6.07, 6.45) is -2.49. The van der Waals surface area contributed by atoms with E-state index in [2.05, 4.69) is 21.0 Å². The standard InChI is InChI=1S/C24H27F3N6O3/c25-24(26,27)6-3-19(34)18-11-21(32-23(31-18)36-14-17-10-16(17)12-28)33-8-4-15(5-9-33)13-35-20-2-1-7-30-22(20)29/h1-2,7,11,15-17H,3-6,8-10,13-14H2,(H2,29,30)/t16-,17+/m0/s1. The summed E-state index contributed by atoms with van der Waals surface area (Å²) in [5.41, 5.74) is 5.71. The lowest BCUT2D eigenvalue weighted by Gasteiger charge is -2.32. The number of nitrogen functional groups attached to an aromatic ring is 1. The number of ether oxygens (including phenoxy) is 2. The first-order chi connectivity index (χ1) is 17.2. The van der Waals surface area contributed by atoms with Crippen LogP contribution in [0.2, 0.25) is 0 Å². The number of Topliss-reactive ketones (excluding diaryl/α,β-unsaturated/α-hetero) is 1. The lowest BCUT2D eigenvalue weighted by molar-refractivity contribution is -0.133. The Balaban J connectivity index is 1.40. The van der Waals surface area contributed by atoms with Gasteiger partial charge in [-0.05, 0) is 37.3 Å². The van der Waals surface area contributed by atoms with Crippen molar-refractivity contribution in [3.63, 3.8) is 0 Å². The van der Waals surface area contributed by atoms with Crippen LogP contribution in [-0.4, -0.2) is 53.2 Å². The number of nitrogens with zero attached hydrogens (tertiary/aromatic N) is 5. The molecule has 9 nitrogen and oxygen atoms in total. The highest BCUT2D eigenvalue weighted by atomic mass is 19.4. The molecule has 0 amide bonds. The predicted molar refractivity (Wildman–Crippen MR) is 123 cm³/mol. The highest BCUT2D eigenvalue weighted by Crippen LogP contribution is 2.38. The number of nitrogens with two attached hydrogens (primary N) is 1. The molecule has 0 bridgehead atoms. The monoisotopic (exact) mass is 504 g/mol. The summed E-state index contributed by atoms with van der Waals surface area (Å²) in [6, 6.07) is 7.04. The van der Waals surface area contributed by atoms with Crippen LogP contribution < -0.4 is 20.1 Å². The molecule has 3 heterocycles. The minimum Gasteiger partial charge on any atom is -0.489 e. The molecule has 2 N–H and O–H groups in total. The molecule has 2 atom stereocenters. The van der Waals surface area contributed by atoms with Gasteiger partial charge in [0.1, 0.15) is 11.5 Å². The maximum atomic E-state index is 12.6. The zero-order valence-corrected chi connectivity index (χ0v) is 19.6. The van der Waals surface area contributed by atoms with Crippen LogP contribution in [-0.2, 0) is 0 Å². The second-order valence-corrected chi connectivity index (χ2v) is 9.10. The van der Waals surface area contributed by atoms with E-state index in [9.17, 15) is 18.0 Å². The Labute approximate surface area is 206 Å². The van der Waals surface area contributed by atoms with Crippen molar-refractivity contribution in [2.45, 2.75) is 38.3 Å². The molecule has 4 rings (SSSR count). The molecule has 0 radical (unpaired) electrons. The number of alkyl halides is 3. The van der Waals surface area contributed by atoms with E-state index in [-0.39, 0.29) is 36.1 Å². The summed E-state index contributed by atoms with van der Waals surface area (Å²) < 4.78 is 49.3. The fourth-order valence-corrected chi connectivity index (χ4v) is 4.00. The number of halogens is 3. The molecule has 0 aromatic carbocycles. The van der Waals surface area contributed by atoms with Crippen LogP contribution in [0.25, 0.3) is 0 Å². The molecule has 0 spiro atoms. The molecule has 192 valence electrons. The van der Waals surface area contributed by atoms with Gasteiger partial charge in [-0.3, -0.25) is 4.79 Å². The number of carbonyl (C=O) groups excluding carboxylic acids is 1. The molecule has 1 saturated carbocycles. The Hall–Kier alpha value is -3.62. The summed E-state index contributed by atoms with van der Waals surface area (Å²) in [5, 5.41) is 8.97. The topological polar surface area (TPSA) is 127 Å². The lowest BCUT2D eigenvalue weighted by Crippen LogP contribution is -2.36.